The molecule has 3 aromatic heterocycles. The average Bonchev–Trinajstić information content (AvgIpc) is 3.32. The maximum atomic E-state index is 13.6. The lowest BCUT2D eigenvalue weighted by Crippen LogP contribution is -2.38. The molecule has 3 aromatic rings. The molecule has 1 aliphatic rings. The first-order valence-corrected chi connectivity index (χ1v) is 9.90. The Morgan fingerprint density at radius 3 is 2.43 bits per heavy atom. The number of halogens is 3. The van der Waals surface area contributed by atoms with E-state index < -0.39 is 11.9 Å². The molecular weight excluding hydrogens is 397 g/mol. The van der Waals surface area contributed by atoms with Gasteiger partial charge in [0.05, 0.1) is 5.69 Å². The number of hydrogen-bond acceptors (Lipinski definition) is 4. The van der Waals surface area contributed by atoms with Crippen LogP contribution in [0.4, 0.5) is 13.2 Å². The molecule has 160 valence electrons. The summed E-state index contributed by atoms with van der Waals surface area (Å²) in [5.74, 6) is -0.287. The van der Waals surface area contributed by atoms with Gasteiger partial charge in [0.2, 0.25) is 0 Å². The van der Waals surface area contributed by atoms with E-state index in [9.17, 15) is 18.0 Å². The highest BCUT2D eigenvalue weighted by Gasteiger charge is 2.36. The minimum atomic E-state index is -4.52. The second kappa shape index (κ2) is 7.41. The summed E-state index contributed by atoms with van der Waals surface area (Å²) in [7, 11) is 1.75. The molecule has 1 fully saturated rings. The van der Waals surface area contributed by atoms with E-state index in [0.29, 0.717) is 43.0 Å². The lowest BCUT2D eigenvalue weighted by Gasteiger charge is -2.30. The minimum absolute atomic E-state index is 0.0249. The highest BCUT2D eigenvalue weighted by atomic mass is 19.4. The number of likely N-dealkylation sites (tertiary alicyclic amines) is 1. The summed E-state index contributed by atoms with van der Waals surface area (Å²) in [6, 6.07) is 4.39. The SMILES string of the molecule is CC(C)c1cc(C(F)(F)F)n2nc(C3CCN(C(=O)c4ccn(C)n4)CC3)cc2n1. The zero-order valence-electron chi connectivity index (χ0n) is 17.0. The minimum Gasteiger partial charge on any atom is -0.337 e. The van der Waals surface area contributed by atoms with E-state index in [4.69, 9.17) is 0 Å². The molecule has 0 aliphatic carbocycles. The molecule has 0 N–H and O–H groups in total. The van der Waals surface area contributed by atoms with E-state index in [0.717, 1.165) is 10.6 Å². The van der Waals surface area contributed by atoms with E-state index in [1.807, 2.05) is 13.8 Å². The smallest absolute Gasteiger partial charge is 0.337 e. The Kier molecular flexibility index (Phi) is 5.03. The molecule has 0 atom stereocenters. The molecule has 10 heteroatoms. The van der Waals surface area contributed by atoms with Crippen LogP contribution in [-0.4, -0.2) is 48.3 Å². The Bertz CT molecular complexity index is 1080. The summed E-state index contributed by atoms with van der Waals surface area (Å²) in [6.45, 7) is 4.63. The Hall–Kier alpha value is -2.91. The number of rotatable bonds is 3. The standard InChI is InChI=1S/C20H23F3N6O/c1-12(2)15-10-17(20(21,22)23)29-18(24-15)11-16(26-29)13-4-8-28(9-5-13)19(30)14-6-7-27(3)25-14/h6-7,10-13H,4-5,8-9H2,1-3H3. The molecule has 1 amide bonds. The van der Waals surface area contributed by atoms with Gasteiger partial charge in [-0.25, -0.2) is 9.50 Å². The van der Waals surface area contributed by atoms with Gasteiger partial charge in [-0.2, -0.15) is 23.4 Å². The van der Waals surface area contributed by atoms with Crippen LogP contribution >= 0.6 is 0 Å². The highest BCUT2D eigenvalue weighted by Crippen LogP contribution is 2.33. The van der Waals surface area contributed by atoms with Gasteiger partial charge >= 0.3 is 6.18 Å². The van der Waals surface area contributed by atoms with Crippen molar-refractivity contribution in [1.29, 1.82) is 0 Å². The molecule has 4 heterocycles. The molecular formula is C20H23F3N6O. The van der Waals surface area contributed by atoms with Gasteiger partial charge in [-0.05, 0) is 30.9 Å². The number of carbonyl (C=O) groups is 1. The number of nitrogens with zero attached hydrogens (tertiary/aromatic N) is 6. The van der Waals surface area contributed by atoms with Gasteiger partial charge < -0.3 is 4.90 Å². The van der Waals surface area contributed by atoms with E-state index >= 15 is 0 Å². The lowest BCUT2D eigenvalue weighted by molar-refractivity contribution is -0.142. The average molecular weight is 420 g/mol. The van der Waals surface area contributed by atoms with E-state index in [1.165, 1.54) is 0 Å². The van der Waals surface area contributed by atoms with E-state index in [-0.39, 0.29) is 23.4 Å². The fourth-order valence-electron chi connectivity index (χ4n) is 3.78. The second-order valence-electron chi connectivity index (χ2n) is 8.00. The quantitative estimate of drug-likeness (QED) is 0.649. The summed E-state index contributed by atoms with van der Waals surface area (Å²) < 4.78 is 43.2. The van der Waals surface area contributed by atoms with Crippen LogP contribution in [0, 0.1) is 0 Å². The summed E-state index contributed by atoms with van der Waals surface area (Å²) in [6.07, 6.45) is -1.55. The van der Waals surface area contributed by atoms with Gasteiger partial charge in [0.15, 0.2) is 5.65 Å². The van der Waals surface area contributed by atoms with Crippen LogP contribution in [0.5, 0.6) is 0 Å². The molecule has 0 saturated carbocycles. The van der Waals surface area contributed by atoms with Gasteiger partial charge in [-0.3, -0.25) is 9.48 Å². The molecule has 0 bridgehead atoms. The molecule has 1 saturated heterocycles. The van der Waals surface area contributed by atoms with Crippen molar-refractivity contribution in [2.75, 3.05) is 13.1 Å². The van der Waals surface area contributed by atoms with Gasteiger partial charge in [0.1, 0.15) is 11.4 Å². The first-order chi connectivity index (χ1) is 14.1. The van der Waals surface area contributed by atoms with Gasteiger partial charge in [0.25, 0.3) is 5.91 Å². The van der Waals surface area contributed by atoms with Gasteiger partial charge in [-0.15, -0.1) is 0 Å². The topological polar surface area (TPSA) is 68.3 Å². The predicted molar refractivity (Wildman–Crippen MR) is 103 cm³/mol. The number of hydrogen-bond donors (Lipinski definition) is 0. The van der Waals surface area contributed by atoms with Crippen molar-refractivity contribution in [3.63, 3.8) is 0 Å². The Labute approximate surface area is 171 Å². The number of carbonyl (C=O) groups excluding carboxylic acids is 1. The van der Waals surface area contributed by atoms with Gasteiger partial charge in [0, 0.05) is 44.0 Å². The van der Waals surface area contributed by atoms with E-state index in [2.05, 4.69) is 15.2 Å². The molecule has 1 aliphatic heterocycles. The number of aryl methyl sites for hydroxylation is 1. The number of alkyl halides is 3. The molecule has 0 aromatic carbocycles. The molecule has 7 nitrogen and oxygen atoms in total. The van der Waals surface area contributed by atoms with Crippen molar-refractivity contribution >= 4 is 11.6 Å². The number of piperidine rings is 1. The number of fused-ring (bicyclic) bond motifs is 1. The van der Waals surface area contributed by atoms with Crippen molar-refractivity contribution < 1.29 is 18.0 Å². The maximum Gasteiger partial charge on any atom is 0.433 e. The maximum absolute atomic E-state index is 13.6. The van der Waals surface area contributed by atoms with Crippen LogP contribution in [0.25, 0.3) is 5.65 Å². The van der Waals surface area contributed by atoms with Crippen LogP contribution in [0.15, 0.2) is 24.4 Å². The lowest BCUT2D eigenvalue weighted by atomic mass is 9.93. The third-order valence-corrected chi connectivity index (χ3v) is 5.48. The zero-order valence-corrected chi connectivity index (χ0v) is 17.0. The van der Waals surface area contributed by atoms with Crippen LogP contribution < -0.4 is 0 Å². The Morgan fingerprint density at radius 1 is 1.17 bits per heavy atom. The summed E-state index contributed by atoms with van der Waals surface area (Å²) >= 11 is 0. The normalized spacial score (nSPS) is 16.0. The third kappa shape index (κ3) is 3.78. The summed E-state index contributed by atoms with van der Waals surface area (Å²) in [4.78, 5) is 18.7. The number of aromatic nitrogens is 5. The van der Waals surface area contributed by atoms with Crippen molar-refractivity contribution in [2.45, 2.75) is 44.7 Å². The molecule has 4 rings (SSSR count). The van der Waals surface area contributed by atoms with Crippen molar-refractivity contribution in [2.24, 2.45) is 7.05 Å². The Morgan fingerprint density at radius 2 is 1.87 bits per heavy atom. The van der Waals surface area contributed by atoms with Crippen molar-refractivity contribution in [1.82, 2.24) is 29.3 Å². The van der Waals surface area contributed by atoms with Crippen LogP contribution in [0.3, 0.4) is 0 Å². The van der Waals surface area contributed by atoms with Gasteiger partial charge in [-0.1, -0.05) is 13.8 Å². The van der Waals surface area contributed by atoms with Crippen LogP contribution in [0.1, 0.15) is 66.1 Å². The van der Waals surface area contributed by atoms with Crippen molar-refractivity contribution in [3.05, 3.63) is 47.2 Å². The molecule has 30 heavy (non-hydrogen) atoms. The molecule has 0 spiro atoms. The first kappa shape index (κ1) is 20.4. The molecule has 0 unspecified atom stereocenters. The van der Waals surface area contributed by atoms with Crippen LogP contribution in [-0.2, 0) is 13.2 Å². The highest BCUT2D eigenvalue weighted by molar-refractivity contribution is 5.92. The van der Waals surface area contributed by atoms with Crippen LogP contribution in [0.2, 0.25) is 0 Å². The fraction of sp³-hybridized carbons (Fsp3) is 0.500. The zero-order chi connectivity index (χ0) is 21.6. The molecule has 0 radical (unpaired) electrons. The monoisotopic (exact) mass is 420 g/mol. The predicted octanol–water partition coefficient (Wildman–Crippen LogP) is 3.62. The number of amides is 1. The fourth-order valence-corrected chi connectivity index (χ4v) is 3.78. The van der Waals surface area contributed by atoms with E-state index in [1.54, 1.807) is 35.0 Å². The first-order valence-electron chi connectivity index (χ1n) is 9.90. The summed E-state index contributed by atoms with van der Waals surface area (Å²) in [5, 5.41) is 8.39. The Balaban J connectivity index is 1.56. The largest absolute Gasteiger partial charge is 0.433 e. The van der Waals surface area contributed by atoms with Crippen molar-refractivity contribution in [3.8, 4) is 0 Å². The second-order valence-corrected chi connectivity index (χ2v) is 8.00. The third-order valence-electron chi connectivity index (χ3n) is 5.48. The summed E-state index contributed by atoms with van der Waals surface area (Å²) in [5.41, 5.74) is 0.750.